The number of amides is 1. The summed E-state index contributed by atoms with van der Waals surface area (Å²) in [5.74, 6) is -1.95. The molecule has 10 nitrogen and oxygen atoms in total. The van der Waals surface area contributed by atoms with Crippen molar-refractivity contribution in [3.05, 3.63) is 68.5 Å². The van der Waals surface area contributed by atoms with Gasteiger partial charge in [0.15, 0.2) is 6.61 Å². The second-order valence-electron chi connectivity index (χ2n) is 6.43. The van der Waals surface area contributed by atoms with Crippen LogP contribution in [0.5, 0.6) is 0 Å². The molecular formula is C19H19N3O7. The Morgan fingerprint density at radius 3 is 2.55 bits per heavy atom. The molecule has 2 aromatic rings. The minimum atomic E-state index is -0.834. The summed E-state index contributed by atoms with van der Waals surface area (Å²) in [6.45, 7) is -0.871. The summed E-state index contributed by atoms with van der Waals surface area (Å²) in [4.78, 5) is 62.7. The fourth-order valence-electron chi connectivity index (χ4n) is 3.11. The molecule has 0 radical (unpaired) electrons. The van der Waals surface area contributed by atoms with Gasteiger partial charge in [-0.2, -0.15) is 0 Å². The van der Waals surface area contributed by atoms with E-state index in [9.17, 15) is 24.0 Å². The van der Waals surface area contributed by atoms with E-state index in [-0.39, 0.29) is 6.54 Å². The maximum absolute atomic E-state index is 12.6. The van der Waals surface area contributed by atoms with Gasteiger partial charge in [0.2, 0.25) is 0 Å². The molecule has 2 heterocycles. The first kappa shape index (κ1) is 20.1. The molecule has 0 saturated heterocycles. The summed E-state index contributed by atoms with van der Waals surface area (Å²) >= 11 is 0. The first-order valence-corrected chi connectivity index (χ1v) is 8.78. The number of ether oxygens (including phenoxy) is 2. The van der Waals surface area contributed by atoms with Crippen LogP contribution >= 0.6 is 0 Å². The first-order valence-electron chi connectivity index (χ1n) is 8.78. The van der Waals surface area contributed by atoms with Crippen molar-refractivity contribution in [1.29, 1.82) is 0 Å². The molecule has 1 aliphatic heterocycles. The maximum atomic E-state index is 12.6. The van der Waals surface area contributed by atoms with E-state index >= 15 is 0 Å². The fourth-order valence-corrected chi connectivity index (χ4v) is 3.11. The predicted molar refractivity (Wildman–Crippen MR) is 98.8 cm³/mol. The van der Waals surface area contributed by atoms with E-state index in [4.69, 9.17) is 9.47 Å². The molecule has 0 bridgehead atoms. The van der Waals surface area contributed by atoms with Crippen LogP contribution in [-0.2, 0) is 43.4 Å². The molecule has 10 heteroatoms. The van der Waals surface area contributed by atoms with Gasteiger partial charge in [-0.15, -0.1) is 0 Å². The molecule has 1 aromatic heterocycles. The largest absolute Gasteiger partial charge is 0.467 e. The Balaban J connectivity index is 1.66. The summed E-state index contributed by atoms with van der Waals surface area (Å²) in [6, 6.07) is 7.70. The number of fused-ring (bicyclic) bond motifs is 1. The molecule has 0 spiro atoms. The fraction of sp³-hybridized carbons (Fsp3) is 0.316. The van der Waals surface area contributed by atoms with E-state index in [1.807, 2.05) is 29.2 Å². The van der Waals surface area contributed by atoms with Crippen molar-refractivity contribution < 1.29 is 23.9 Å². The smallest absolute Gasteiger partial charge is 0.328 e. The Bertz CT molecular complexity index is 1060. The molecule has 0 unspecified atom stereocenters. The van der Waals surface area contributed by atoms with Crippen LogP contribution in [0.25, 0.3) is 0 Å². The lowest BCUT2D eigenvalue weighted by atomic mass is 9.94. The average molecular weight is 401 g/mol. The number of carbonyl (C=O) groups excluding carboxylic acids is 3. The number of nitrogens with one attached hydrogen (secondary N) is 1. The third kappa shape index (κ3) is 4.60. The highest BCUT2D eigenvalue weighted by Crippen LogP contribution is 2.24. The Hall–Kier alpha value is -3.69. The first-order chi connectivity index (χ1) is 13.9. The maximum Gasteiger partial charge on any atom is 0.328 e. The van der Waals surface area contributed by atoms with Crippen molar-refractivity contribution in [2.24, 2.45) is 0 Å². The van der Waals surface area contributed by atoms with Crippen LogP contribution in [0, 0.1) is 0 Å². The van der Waals surface area contributed by atoms with E-state index in [0.29, 0.717) is 6.42 Å². The summed E-state index contributed by atoms with van der Waals surface area (Å²) in [6.07, 6.45) is 1.45. The zero-order valence-corrected chi connectivity index (χ0v) is 15.6. The molecule has 0 aliphatic carbocycles. The standard InChI is InChI=1S/C19H19N3O7/c1-28-18(26)14-8-12-4-2-3-5-13(12)9-22(14)16(24)11-29-17(25)10-21-7-6-15(23)20-19(21)27/h2-7,14H,8-11H2,1H3,(H,20,23,27)/t14-/m0/s1. The van der Waals surface area contributed by atoms with Gasteiger partial charge in [-0.25, -0.2) is 9.59 Å². The highest BCUT2D eigenvalue weighted by atomic mass is 16.5. The topological polar surface area (TPSA) is 128 Å². The zero-order chi connectivity index (χ0) is 21.0. The van der Waals surface area contributed by atoms with Gasteiger partial charge >= 0.3 is 17.6 Å². The zero-order valence-electron chi connectivity index (χ0n) is 15.6. The van der Waals surface area contributed by atoms with E-state index in [2.05, 4.69) is 0 Å². The number of methoxy groups -OCH3 is 1. The number of esters is 2. The molecule has 29 heavy (non-hydrogen) atoms. The van der Waals surface area contributed by atoms with Crippen LogP contribution < -0.4 is 11.2 Å². The van der Waals surface area contributed by atoms with E-state index < -0.39 is 48.3 Å². The third-order valence-electron chi connectivity index (χ3n) is 4.60. The van der Waals surface area contributed by atoms with Gasteiger partial charge in [0.25, 0.3) is 11.5 Å². The van der Waals surface area contributed by atoms with Crippen molar-refractivity contribution in [3.8, 4) is 0 Å². The van der Waals surface area contributed by atoms with Crippen LogP contribution in [0.4, 0.5) is 0 Å². The van der Waals surface area contributed by atoms with E-state index in [1.165, 1.54) is 12.0 Å². The number of carbonyl (C=O) groups is 3. The molecular weight excluding hydrogens is 382 g/mol. The molecule has 1 atom stereocenters. The van der Waals surface area contributed by atoms with Gasteiger partial charge in [-0.05, 0) is 11.1 Å². The molecule has 0 fully saturated rings. The number of aromatic amines is 1. The Morgan fingerprint density at radius 2 is 1.86 bits per heavy atom. The Morgan fingerprint density at radius 1 is 1.14 bits per heavy atom. The lowest BCUT2D eigenvalue weighted by Gasteiger charge is -2.35. The van der Waals surface area contributed by atoms with E-state index in [1.54, 1.807) is 0 Å². The number of rotatable bonds is 5. The minimum Gasteiger partial charge on any atom is -0.467 e. The minimum absolute atomic E-state index is 0.186. The second-order valence-corrected chi connectivity index (χ2v) is 6.43. The van der Waals surface area contributed by atoms with Crippen molar-refractivity contribution >= 4 is 17.8 Å². The molecule has 1 aromatic carbocycles. The lowest BCUT2D eigenvalue weighted by Crippen LogP contribution is -2.50. The van der Waals surface area contributed by atoms with Crippen LogP contribution in [0.1, 0.15) is 11.1 Å². The SMILES string of the molecule is COC(=O)[C@@H]1Cc2ccccc2CN1C(=O)COC(=O)Cn1ccc(=O)[nH]c1=O. The van der Waals surface area contributed by atoms with Gasteiger partial charge in [0, 0.05) is 25.2 Å². The van der Waals surface area contributed by atoms with Crippen molar-refractivity contribution in [1.82, 2.24) is 14.5 Å². The number of nitrogens with zero attached hydrogens (tertiary/aromatic N) is 2. The highest BCUT2D eigenvalue weighted by Gasteiger charge is 2.35. The lowest BCUT2D eigenvalue weighted by molar-refractivity contribution is -0.159. The summed E-state index contributed by atoms with van der Waals surface area (Å²) in [7, 11) is 1.24. The summed E-state index contributed by atoms with van der Waals surface area (Å²) in [5, 5.41) is 0. The van der Waals surface area contributed by atoms with Crippen LogP contribution in [-0.4, -0.2) is 52.1 Å². The van der Waals surface area contributed by atoms with E-state index in [0.717, 1.165) is 28.0 Å². The molecule has 1 N–H and O–H groups in total. The number of H-pyrrole nitrogens is 1. The van der Waals surface area contributed by atoms with Gasteiger partial charge < -0.3 is 14.4 Å². The van der Waals surface area contributed by atoms with Crippen LogP contribution in [0.15, 0.2) is 46.1 Å². The molecule has 3 rings (SSSR count). The number of aromatic nitrogens is 2. The molecule has 0 saturated carbocycles. The highest BCUT2D eigenvalue weighted by molar-refractivity contribution is 5.87. The number of hydrogen-bond acceptors (Lipinski definition) is 7. The number of benzene rings is 1. The second kappa shape index (κ2) is 8.55. The monoisotopic (exact) mass is 401 g/mol. The average Bonchev–Trinajstić information content (AvgIpc) is 2.72. The van der Waals surface area contributed by atoms with Crippen molar-refractivity contribution in [2.75, 3.05) is 13.7 Å². The molecule has 1 aliphatic rings. The quantitative estimate of drug-likeness (QED) is 0.650. The van der Waals surface area contributed by atoms with Crippen LogP contribution in [0.3, 0.4) is 0 Å². The third-order valence-corrected chi connectivity index (χ3v) is 4.60. The van der Waals surface area contributed by atoms with Gasteiger partial charge in [0.1, 0.15) is 12.6 Å². The van der Waals surface area contributed by atoms with Gasteiger partial charge in [0.05, 0.1) is 7.11 Å². The summed E-state index contributed by atoms with van der Waals surface area (Å²) < 4.78 is 10.7. The van der Waals surface area contributed by atoms with Gasteiger partial charge in [-0.3, -0.25) is 23.9 Å². The molecule has 152 valence electrons. The van der Waals surface area contributed by atoms with Crippen LogP contribution in [0.2, 0.25) is 0 Å². The normalized spacial score (nSPS) is 15.3. The predicted octanol–water partition coefficient (Wildman–Crippen LogP) is -0.794. The Kier molecular flexibility index (Phi) is 5.91. The van der Waals surface area contributed by atoms with Crippen molar-refractivity contribution in [3.63, 3.8) is 0 Å². The van der Waals surface area contributed by atoms with Gasteiger partial charge in [-0.1, -0.05) is 24.3 Å². The number of hydrogen-bond donors (Lipinski definition) is 1. The van der Waals surface area contributed by atoms with Crippen molar-refractivity contribution in [2.45, 2.75) is 25.6 Å². The molecule has 1 amide bonds. The summed E-state index contributed by atoms with van der Waals surface area (Å²) in [5.41, 5.74) is 0.488. The Labute approximate surface area is 164 Å².